The lowest BCUT2D eigenvalue weighted by Gasteiger charge is -2.30. The zero-order chi connectivity index (χ0) is 22.6. The lowest BCUT2D eigenvalue weighted by Crippen LogP contribution is -2.39. The van der Waals surface area contributed by atoms with Crippen LogP contribution in [0.3, 0.4) is 0 Å². The molecule has 32 heavy (non-hydrogen) atoms. The van der Waals surface area contributed by atoms with Crippen molar-refractivity contribution in [2.24, 2.45) is 10.9 Å². The van der Waals surface area contributed by atoms with Gasteiger partial charge in [0.15, 0.2) is 5.96 Å². The summed E-state index contributed by atoms with van der Waals surface area (Å²) in [6.45, 7) is 11.7. The van der Waals surface area contributed by atoms with Crippen LogP contribution in [0.5, 0.6) is 0 Å². The first kappa shape index (κ1) is 24.5. The number of benzene rings is 1. The number of ether oxygens (including phenoxy) is 1. The van der Waals surface area contributed by atoms with Gasteiger partial charge in [-0.2, -0.15) is 0 Å². The predicted octanol–water partition coefficient (Wildman–Crippen LogP) is 2.77. The van der Waals surface area contributed by atoms with Crippen LogP contribution in [0.15, 0.2) is 29.3 Å². The number of aliphatic imine (C=N–C) groups is 1. The first-order valence-corrected chi connectivity index (χ1v) is 12.4. The summed E-state index contributed by atoms with van der Waals surface area (Å²) < 4.78 is 5.58. The quantitative estimate of drug-likeness (QED) is 0.294. The summed E-state index contributed by atoms with van der Waals surface area (Å²) in [5.74, 6) is 1.65. The van der Waals surface area contributed by atoms with E-state index in [0.29, 0.717) is 18.7 Å². The van der Waals surface area contributed by atoms with Gasteiger partial charge in [0.2, 0.25) is 0 Å². The molecule has 7 nitrogen and oxygen atoms in total. The van der Waals surface area contributed by atoms with Crippen LogP contribution in [0.1, 0.15) is 61.9 Å². The van der Waals surface area contributed by atoms with Gasteiger partial charge in [-0.25, -0.2) is 4.99 Å². The van der Waals surface area contributed by atoms with Crippen molar-refractivity contribution in [3.63, 3.8) is 0 Å². The van der Waals surface area contributed by atoms with Crippen LogP contribution in [-0.2, 0) is 11.3 Å². The fourth-order valence-corrected chi connectivity index (χ4v) is 4.23. The number of guanidine groups is 1. The van der Waals surface area contributed by atoms with Crippen LogP contribution in [-0.4, -0.2) is 68.7 Å². The van der Waals surface area contributed by atoms with Gasteiger partial charge < -0.3 is 25.6 Å². The molecule has 1 amide bonds. The van der Waals surface area contributed by atoms with Gasteiger partial charge in [0, 0.05) is 31.8 Å². The number of carbonyl (C=O) groups is 1. The third-order valence-electron chi connectivity index (χ3n) is 6.29. The largest absolute Gasteiger partial charge is 0.376 e. The molecule has 0 radical (unpaired) electrons. The third kappa shape index (κ3) is 8.43. The molecule has 1 aromatic carbocycles. The standard InChI is InChI=1S/C25H41N5O2/c1-3-26-25(27-12-6-13-30-14-10-20(2)11-15-30)29-18-21-7-4-8-22(17-21)24(31)28-19-23-9-5-16-32-23/h4,7-8,17,20,23H,3,5-6,9-16,18-19H2,1-2H3,(H,28,31)(H2,26,27,29). The summed E-state index contributed by atoms with van der Waals surface area (Å²) in [5.41, 5.74) is 1.69. The van der Waals surface area contributed by atoms with Crippen molar-refractivity contribution in [1.82, 2.24) is 20.9 Å². The lowest BCUT2D eigenvalue weighted by atomic mass is 9.99. The second-order valence-corrected chi connectivity index (χ2v) is 9.05. The molecule has 1 aromatic rings. The van der Waals surface area contributed by atoms with Gasteiger partial charge in [0.1, 0.15) is 0 Å². The molecule has 0 aromatic heterocycles. The number of hydrogen-bond donors (Lipinski definition) is 3. The van der Waals surface area contributed by atoms with Crippen molar-refractivity contribution in [2.75, 3.05) is 45.9 Å². The number of hydrogen-bond acceptors (Lipinski definition) is 4. The number of piperidine rings is 1. The van der Waals surface area contributed by atoms with Crippen LogP contribution in [0, 0.1) is 5.92 Å². The second kappa shape index (κ2) is 13.4. The Morgan fingerprint density at radius 1 is 1.19 bits per heavy atom. The fraction of sp³-hybridized carbons (Fsp3) is 0.680. The van der Waals surface area contributed by atoms with Gasteiger partial charge in [-0.1, -0.05) is 19.1 Å². The Hall–Kier alpha value is -2.12. The molecular formula is C25H41N5O2. The molecular weight excluding hydrogens is 402 g/mol. The second-order valence-electron chi connectivity index (χ2n) is 9.05. The van der Waals surface area contributed by atoms with Crippen molar-refractivity contribution >= 4 is 11.9 Å². The number of rotatable bonds is 10. The Bertz CT molecular complexity index is 725. The van der Waals surface area contributed by atoms with Gasteiger partial charge in [-0.3, -0.25) is 4.79 Å². The van der Waals surface area contributed by atoms with Crippen LogP contribution >= 0.6 is 0 Å². The highest BCUT2D eigenvalue weighted by Gasteiger charge is 2.17. The molecule has 0 bridgehead atoms. The van der Waals surface area contributed by atoms with E-state index < -0.39 is 0 Å². The van der Waals surface area contributed by atoms with Gasteiger partial charge in [0.25, 0.3) is 5.91 Å². The molecule has 0 saturated carbocycles. The van der Waals surface area contributed by atoms with Crippen LogP contribution in [0.4, 0.5) is 0 Å². The van der Waals surface area contributed by atoms with Gasteiger partial charge in [-0.15, -0.1) is 0 Å². The zero-order valence-corrected chi connectivity index (χ0v) is 19.9. The molecule has 1 unspecified atom stereocenters. The van der Waals surface area contributed by atoms with Crippen molar-refractivity contribution in [2.45, 2.75) is 58.6 Å². The Morgan fingerprint density at radius 2 is 2.03 bits per heavy atom. The van der Waals surface area contributed by atoms with Crippen LogP contribution < -0.4 is 16.0 Å². The summed E-state index contributed by atoms with van der Waals surface area (Å²) in [4.78, 5) is 19.8. The maximum Gasteiger partial charge on any atom is 0.251 e. The molecule has 0 spiro atoms. The van der Waals surface area contributed by atoms with E-state index in [-0.39, 0.29) is 12.0 Å². The summed E-state index contributed by atoms with van der Waals surface area (Å²) in [6.07, 6.45) is 6.00. The van der Waals surface area contributed by atoms with E-state index >= 15 is 0 Å². The van der Waals surface area contributed by atoms with Crippen LogP contribution in [0.25, 0.3) is 0 Å². The van der Waals surface area contributed by atoms with E-state index in [4.69, 9.17) is 9.73 Å². The monoisotopic (exact) mass is 443 g/mol. The lowest BCUT2D eigenvalue weighted by molar-refractivity contribution is 0.0857. The minimum Gasteiger partial charge on any atom is -0.376 e. The average molecular weight is 444 g/mol. The minimum absolute atomic E-state index is 0.0523. The van der Waals surface area contributed by atoms with E-state index in [1.807, 2.05) is 24.3 Å². The third-order valence-corrected chi connectivity index (χ3v) is 6.29. The maximum atomic E-state index is 12.5. The molecule has 2 fully saturated rings. The summed E-state index contributed by atoms with van der Waals surface area (Å²) in [7, 11) is 0. The molecule has 0 aliphatic carbocycles. The molecule has 2 saturated heterocycles. The highest BCUT2D eigenvalue weighted by molar-refractivity contribution is 5.94. The van der Waals surface area contributed by atoms with Gasteiger partial charge in [-0.05, 0) is 82.3 Å². The molecule has 3 rings (SSSR count). The number of nitrogens with zero attached hydrogens (tertiary/aromatic N) is 2. The van der Waals surface area contributed by atoms with Gasteiger partial charge in [0.05, 0.1) is 12.6 Å². The first-order valence-electron chi connectivity index (χ1n) is 12.4. The smallest absolute Gasteiger partial charge is 0.251 e. The molecule has 2 aliphatic heterocycles. The predicted molar refractivity (Wildman–Crippen MR) is 130 cm³/mol. The fourth-order valence-electron chi connectivity index (χ4n) is 4.23. The first-order chi connectivity index (χ1) is 15.6. The van der Waals surface area contributed by atoms with E-state index in [0.717, 1.165) is 62.9 Å². The topological polar surface area (TPSA) is 78.0 Å². The molecule has 1 atom stereocenters. The Balaban J connectivity index is 1.43. The summed E-state index contributed by atoms with van der Waals surface area (Å²) >= 11 is 0. The molecule has 7 heteroatoms. The Labute approximate surface area is 193 Å². The number of amides is 1. The number of carbonyl (C=O) groups excluding carboxylic acids is 1. The average Bonchev–Trinajstić information content (AvgIpc) is 3.33. The van der Waals surface area contributed by atoms with Gasteiger partial charge >= 0.3 is 0 Å². The highest BCUT2D eigenvalue weighted by atomic mass is 16.5. The molecule has 3 N–H and O–H groups in total. The van der Waals surface area contributed by atoms with Crippen molar-refractivity contribution in [3.8, 4) is 0 Å². The number of nitrogens with one attached hydrogen (secondary N) is 3. The Morgan fingerprint density at radius 3 is 2.78 bits per heavy atom. The van der Waals surface area contributed by atoms with E-state index in [1.165, 1.54) is 25.9 Å². The Kier molecular flexibility index (Phi) is 10.3. The zero-order valence-electron chi connectivity index (χ0n) is 19.9. The van der Waals surface area contributed by atoms with E-state index in [2.05, 4.69) is 34.7 Å². The minimum atomic E-state index is -0.0523. The van der Waals surface area contributed by atoms with Crippen LogP contribution in [0.2, 0.25) is 0 Å². The molecule has 2 heterocycles. The normalized spacial score (nSPS) is 20.3. The number of likely N-dealkylation sites (tertiary alicyclic amines) is 1. The van der Waals surface area contributed by atoms with E-state index in [1.54, 1.807) is 0 Å². The maximum absolute atomic E-state index is 12.5. The van der Waals surface area contributed by atoms with E-state index in [9.17, 15) is 4.79 Å². The summed E-state index contributed by atoms with van der Waals surface area (Å²) in [6, 6.07) is 7.71. The van der Waals surface area contributed by atoms with Crippen molar-refractivity contribution < 1.29 is 9.53 Å². The highest BCUT2D eigenvalue weighted by Crippen LogP contribution is 2.15. The SMILES string of the molecule is CCNC(=NCc1cccc(C(=O)NCC2CCCO2)c1)NCCCN1CCC(C)CC1. The molecule has 2 aliphatic rings. The summed E-state index contributed by atoms with van der Waals surface area (Å²) in [5, 5.41) is 9.75. The molecule has 178 valence electrons. The van der Waals surface area contributed by atoms with Crippen molar-refractivity contribution in [3.05, 3.63) is 35.4 Å². The van der Waals surface area contributed by atoms with Crippen molar-refractivity contribution in [1.29, 1.82) is 0 Å².